The van der Waals surface area contributed by atoms with Crippen LogP contribution in [0.25, 0.3) is 0 Å². The Balaban J connectivity index is 2.18. The fraction of sp³-hybridized carbons (Fsp3) is 0.500. The van der Waals surface area contributed by atoms with Crippen molar-refractivity contribution in [3.8, 4) is 0 Å². The van der Waals surface area contributed by atoms with Gasteiger partial charge in [0.15, 0.2) is 11.6 Å². The van der Waals surface area contributed by atoms with E-state index in [2.05, 4.69) is 4.98 Å². The largest absolute Gasteiger partial charge is 0.391 e. The fourth-order valence-electron chi connectivity index (χ4n) is 1.76. The molecule has 0 aromatic carbocycles. The Morgan fingerprint density at radius 2 is 2.43 bits per heavy atom. The van der Waals surface area contributed by atoms with Crippen LogP contribution in [0.4, 0.5) is 10.2 Å². The van der Waals surface area contributed by atoms with Crippen molar-refractivity contribution in [3.05, 3.63) is 24.1 Å². The second kappa shape index (κ2) is 3.92. The smallest absolute Gasteiger partial charge is 0.165 e. The number of aromatic nitrogens is 1. The Kier molecular flexibility index (Phi) is 2.63. The van der Waals surface area contributed by atoms with Crippen LogP contribution in [0.2, 0.25) is 0 Å². The van der Waals surface area contributed by atoms with E-state index in [4.69, 9.17) is 0 Å². The summed E-state index contributed by atoms with van der Waals surface area (Å²) in [5, 5.41) is 9.44. The molecular formula is C10H13FN2O. The molecule has 1 aliphatic rings. The van der Waals surface area contributed by atoms with Gasteiger partial charge in [0.25, 0.3) is 0 Å². The van der Waals surface area contributed by atoms with Crippen molar-refractivity contribution in [1.29, 1.82) is 0 Å². The first kappa shape index (κ1) is 9.40. The third-order valence-corrected chi connectivity index (χ3v) is 2.44. The van der Waals surface area contributed by atoms with E-state index in [9.17, 15) is 9.50 Å². The average molecular weight is 196 g/mol. The lowest BCUT2D eigenvalue weighted by atomic mass is 10.1. The van der Waals surface area contributed by atoms with Crippen LogP contribution in [-0.4, -0.2) is 29.3 Å². The van der Waals surface area contributed by atoms with Gasteiger partial charge in [-0.3, -0.25) is 0 Å². The summed E-state index contributed by atoms with van der Waals surface area (Å²) in [6.45, 7) is 1.25. The van der Waals surface area contributed by atoms with Crippen LogP contribution in [-0.2, 0) is 0 Å². The molecule has 3 nitrogen and oxygen atoms in total. The maximum atomic E-state index is 13.3. The zero-order valence-electron chi connectivity index (χ0n) is 7.86. The van der Waals surface area contributed by atoms with Crippen LogP contribution in [0.15, 0.2) is 18.3 Å². The zero-order chi connectivity index (χ0) is 9.97. The van der Waals surface area contributed by atoms with E-state index in [0.717, 1.165) is 19.4 Å². The normalized spacial score (nSPS) is 22.4. The number of anilines is 1. The van der Waals surface area contributed by atoms with E-state index < -0.39 is 0 Å². The van der Waals surface area contributed by atoms with Crippen LogP contribution < -0.4 is 4.90 Å². The molecule has 1 fully saturated rings. The Hall–Kier alpha value is -1.16. The summed E-state index contributed by atoms with van der Waals surface area (Å²) in [5.74, 6) is 0.0350. The zero-order valence-corrected chi connectivity index (χ0v) is 7.86. The van der Waals surface area contributed by atoms with Crippen LogP contribution >= 0.6 is 0 Å². The number of aliphatic hydroxyl groups excluding tert-OH is 1. The number of pyridine rings is 1. The van der Waals surface area contributed by atoms with Crippen molar-refractivity contribution < 1.29 is 9.50 Å². The summed E-state index contributed by atoms with van der Waals surface area (Å²) in [5.41, 5.74) is 0. The summed E-state index contributed by atoms with van der Waals surface area (Å²) >= 11 is 0. The standard InChI is InChI=1S/C10H13FN2O/c11-9-4-1-5-12-10(9)13-6-2-3-8(14)7-13/h1,4-5,8,14H,2-3,6-7H2. The SMILES string of the molecule is OC1CCCN(c2ncccc2F)C1. The highest BCUT2D eigenvalue weighted by Crippen LogP contribution is 2.20. The summed E-state index contributed by atoms with van der Waals surface area (Å²) < 4.78 is 13.3. The number of nitrogens with zero attached hydrogens (tertiary/aromatic N) is 2. The van der Waals surface area contributed by atoms with Crippen molar-refractivity contribution in [2.45, 2.75) is 18.9 Å². The Morgan fingerprint density at radius 3 is 3.14 bits per heavy atom. The molecule has 1 N–H and O–H groups in total. The van der Waals surface area contributed by atoms with Gasteiger partial charge in [-0.2, -0.15) is 0 Å². The first-order valence-electron chi connectivity index (χ1n) is 4.81. The third kappa shape index (κ3) is 1.85. The van der Waals surface area contributed by atoms with E-state index in [1.807, 2.05) is 0 Å². The molecule has 1 aromatic heterocycles. The quantitative estimate of drug-likeness (QED) is 0.732. The molecule has 0 saturated carbocycles. The van der Waals surface area contributed by atoms with E-state index in [-0.39, 0.29) is 11.9 Å². The lowest BCUT2D eigenvalue weighted by Crippen LogP contribution is -2.39. The summed E-state index contributed by atoms with van der Waals surface area (Å²) in [6.07, 6.45) is 2.90. The molecule has 1 unspecified atom stereocenters. The summed E-state index contributed by atoms with van der Waals surface area (Å²) in [4.78, 5) is 5.77. The number of halogens is 1. The average Bonchev–Trinajstić information content (AvgIpc) is 2.18. The van der Waals surface area contributed by atoms with E-state index >= 15 is 0 Å². The van der Waals surface area contributed by atoms with Crippen LogP contribution in [0.1, 0.15) is 12.8 Å². The topological polar surface area (TPSA) is 36.4 Å². The van der Waals surface area contributed by atoms with Crippen molar-refractivity contribution in [2.24, 2.45) is 0 Å². The molecule has 1 atom stereocenters. The lowest BCUT2D eigenvalue weighted by molar-refractivity contribution is 0.153. The highest BCUT2D eigenvalue weighted by Gasteiger charge is 2.20. The minimum Gasteiger partial charge on any atom is -0.391 e. The van der Waals surface area contributed by atoms with Gasteiger partial charge in [0.1, 0.15) is 0 Å². The van der Waals surface area contributed by atoms with Gasteiger partial charge in [0.05, 0.1) is 6.10 Å². The van der Waals surface area contributed by atoms with Crippen molar-refractivity contribution in [2.75, 3.05) is 18.0 Å². The molecule has 14 heavy (non-hydrogen) atoms. The molecule has 0 amide bonds. The second-order valence-electron chi connectivity index (χ2n) is 3.55. The highest BCUT2D eigenvalue weighted by atomic mass is 19.1. The maximum absolute atomic E-state index is 13.3. The molecule has 1 aromatic rings. The van der Waals surface area contributed by atoms with Gasteiger partial charge in [-0.25, -0.2) is 9.37 Å². The molecule has 2 heterocycles. The van der Waals surface area contributed by atoms with Gasteiger partial charge < -0.3 is 10.0 Å². The highest BCUT2D eigenvalue weighted by molar-refractivity contribution is 5.40. The van der Waals surface area contributed by atoms with Crippen LogP contribution in [0.5, 0.6) is 0 Å². The number of hydrogen-bond acceptors (Lipinski definition) is 3. The van der Waals surface area contributed by atoms with Crippen LogP contribution in [0.3, 0.4) is 0 Å². The molecule has 0 radical (unpaired) electrons. The van der Waals surface area contributed by atoms with E-state index in [0.29, 0.717) is 12.4 Å². The van der Waals surface area contributed by atoms with Gasteiger partial charge in [-0.1, -0.05) is 0 Å². The van der Waals surface area contributed by atoms with E-state index in [1.54, 1.807) is 17.2 Å². The fourth-order valence-corrected chi connectivity index (χ4v) is 1.76. The summed E-state index contributed by atoms with van der Waals surface area (Å²) in [7, 11) is 0. The van der Waals surface area contributed by atoms with Crippen molar-refractivity contribution in [3.63, 3.8) is 0 Å². The minimum atomic E-state index is -0.356. The van der Waals surface area contributed by atoms with Gasteiger partial charge in [-0.15, -0.1) is 0 Å². The second-order valence-corrected chi connectivity index (χ2v) is 3.55. The van der Waals surface area contributed by atoms with Crippen molar-refractivity contribution >= 4 is 5.82 Å². The van der Waals surface area contributed by atoms with Gasteiger partial charge in [-0.05, 0) is 25.0 Å². The molecule has 2 rings (SSSR count). The number of rotatable bonds is 1. The minimum absolute atomic E-state index is 0.318. The van der Waals surface area contributed by atoms with Gasteiger partial charge in [0, 0.05) is 19.3 Å². The molecule has 76 valence electrons. The third-order valence-electron chi connectivity index (χ3n) is 2.44. The number of hydrogen-bond donors (Lipinski definition) is 1. The predicted octanol–water partition coefficient (Wildman–Crippen LogP) is 1.18. The Labute approximate surface area is 82.2 Å². The Bertz CT molecular complexity index is 319. The number of piperidine rings is 1. The van der Waals surface area contributed by atoms with Crippen molar-refractivity contribution in [1.82, 2.24) is 4.98 Å². The maximum Gasteiger partial charge on any atom is 0.165 e. The van der Waals surface area contributed by atoms with Gasteiger partial charge >= 0.3 is 0 Å². The van der Waals surface area contributed by atoms with Gasteiger partial charge in [0.2, 0.25) is 0 Å². The molecular weight excluding hydrogens is 183 g/mol. The molecule has 0 bridgehead atoms. The number of β-amino-alcohol motifs (C(OH)–C–C–N with tert-alkyl or cyclic N) is 1. The molecule has 0 aliphatic carbocycles. The number of aliphatic hydroxyl groups is 1. The molecule has 1 saturated heterocycles. The lowest BCUT2D eigenvalue weighted by Gasteiger charge is -2.30. The molecule has 4 heteroatoms. The monoisotopic (exact) mass is 196 g/mol. The molecule has 1 aliphatic heterocycles. The summed E-state index contributed by atoms with van der Waals surface area (Å²) in [6, 6.07) is 2.96. The Morgan fingerprint density at radius 1 is 1.57 bits per heavy atom. The first-order chi connectivity index (χ1) is 6.77. The van der Waals surface area contributed by atoms with E-state index in [1.165, 1.54) is 6.07 Å². The van der Waals surface area contributed by atoms with Crippen LogP contribution in [0, 0.1) is 5.82 Å². The molecule has 0 spiro atoms. The predicted molar refractivity (Wildman–Crippen MR) is 51.6 cm³/mol. The first-order valence-corrected chi connectivity index (χ1v) is 4.81.